The number of hydrogen-bond donors (Lipinski definition) is 2. The van der Waals surface area contributed by atoms with Gasteiger partial charge in [-0.2, -0.15) is 0 Å². The van der Waals surface area contributed by atoms with Crippen LogP contribution in [0.2, 0.25) is 0 Å². The third kappa shape index (κ3) is 3.56. The van der Waals surface area contributed by atoms with Gasteiger partial charge in [0.2, 0.25) is 0 Å². The second-order valence-electron chi connectivity index (χ2n) is 4.04. The molecule has 2 N–H and O–H groups in total. The minimum Gasteiger partial charge on any atom is -0.481 e. The van der Waals surface area contributed by atoms with Gasteiger partial charge in [-0.3, -0.25) is 4.79 Å². The molecular weight excluding hydrogens is 210 g/mol. The standard InChI is InChI=1S/C11H17NO4/c1-2-8-16-10(15)12-11(5-3-6-11)7-4-9(13)14/h2H,1,3-8H2,(H,12,15)(H,13,14). The fourth-order valence-corrected chi connectivity index (χ4v) is 1.77. The van der Waals surface area contributed by atoms with E-state index in [9.17, 15) is 9.59 Å². The van der Waals surface area contributed by atoms with Crippen LogP contribution in [0, 0.1) is 0 Å². The summed E-state index contributed by atoms with van der Waals surface area (Å²) in [7, 11) is 0. The van der Waals surface area contributed by atoms with Crippen molar-refractivity contribution in [1.29, 1.82) is 0 Å². The highest BCUT2D eigenvalue weighted by Crippen LogP contribution is 2.35. The number of amides is 1. The quantitative estimate of drug-likeness (QED) is 0.677. The fraction of sp³-hybridized carbons (Fsp3) is 0.636. The predicted octanol–water partition coefficient (Wildman–Crippen LogP) is 1.69. The lowest BCUT2D eigenvalue weighted by Gasteiger charge is -2.41. The summed E-state index contributed by atoms with van der Waals surface area (Å²) in [6.07, 6.45) is 4.19. The molecule has 90 valence electrons. The Labute approximate surface area is 94.5 Å². The van der Waals surface area contributed by atoms with Gasteiger partial charge in [0.1, 0.15) is 6.61 Å². The summed E-state index contributed by atoms with van der Waals surface area (Å²) >= 11 is 0. The van der Waals surface area contributed by atoms with E-state index >= 15 is 0 Å². The molecule has 0 saturated heterocycles. The highest BCUT2D eigenvalue weighted by molar-refractivity contribution is 5.69. The van der Waals surface area contributed by atoms with Gasteiger partial charge < -0.3 is 15.2 Å². The monoisotopic (exact) mass is 227 g/mol. The number of carbonyl (C=O) groups excluding carboxylic acids is 1. The molecule has 1 saturated carbocycles. The molecule has 0 radical (unpaired) electrons. The number of nitrogens with one attached hydrogen (secondary N) is 1. The number of ether oxygens (including phenoxy) is 1. The molecule has 0 atom stereocenters. The van der Waals surface area contributed by atoms with Gasteiger partial charge in [-0.05, 0) is 25.7 Å². The number of carboxylic acids is 1. The Bertz CT molecular complexity index is 284. The Morgan fingerprint density at radius 1 is 1.50 bits per heavy atom. The van der Waals surface area contributed by atoms with Crippen LogP contribution in [0.15, 0.2) is 12.7 Å². The zero-order valence-corrected chi connectivity index (χ0v) is 9.20. The number of alkyl carbamates (subject to hydrolysis) is 1. The summed E-state index contributed by atoms with van der Waals surface area (Å²) in [4.78, 5) is 21.8. The maximum Gasteiger partial charge on any atom is 0.407 e. The fourth-order valence-electron chi connectivity index (χ4n) is 1.77. The zero-order chi connectivity index (χ0) is 12.0. The van der Waals surface area contributed by atoms with Crippen molar-refractivity contribution in [3.05, 3.63) is 12.7 Å². The number of carboxylic acid groups (broad SMARTS) is 1. The second kappa shape index (κ2) is 5.53. The van der Waals surface area contributed by atoms with Crippen molar-refractivity contribution in [2.75, 3.05) is 6.61 Å². The molecule has 1 fully saturated rings. The van der Waals surface area contributed by atoms with Crippen molar-refractivity contribution < 1.29 is 19.4 Å². The summed E-state index contributed by atoms with van der Waals surface area (Å²) in [5.74, 6) is -0.840. The van der Waals surface area contributed by atoms with Gasteiger partial charge in [0.25, 0.3) is 0 Å². The second-order valence-corrected chi connectivity index (χ2v) is 4.04. The van der Waals surface area contributed by atoms with Crippen LogP contribution in [0.4, 0.5) is 4.79 Å². The number of rotatable bonds is 6. The van der Waals surface area contributed by atoms with Gasteiger partial charge in [-0.25, -0.2) is 4.79 Å². The van der Waals surface area contributed by atoms with E-state index in [2.05, 4.69) is 11.9 Å². The maximum atomic E-state index is 11.3. The molecule has 5 nitrogen and oxygen atoms in total. The van der Waals surface area contributed by atoms with Gasteiger partial charge >= 0.3 is 12.1 Å². The van der Waals surface area contributed by atoms with E-state index in [1.807, 2.05) is 0 Å². The molecule has 0 aliphatic heterocycles. The third-order valence-corrected chi connectivity index (χ3v) is 2.83. The predicted molar refractivity (Wildman–Crippen MR) is 58.1 cm³/mol. The minimum atomic E-state index is -0.840. The first-order chi connectivity index (χ1) is 7.58. The van der Waals surface area contributed by atoms with Crippen molar-refractivity contribution in [2.45, 2.75) is 37.6 Å². The third-order valence-electron chi connectivity index (χ3n) is 2.83. The minimum absolute atomic E-state index is 0.0712. The van der Waals surface area contributed by atoms with Gasteiger partial charge in [-0.1, -0.05) is 12.7 Å². The SMILES string of the molecule is C=CCOC(=O)NC1(CCC(=O)O)CCC1. The molecule has 1 aliphatic rings. The molecule has 0 aromatic rings. The molecule has 0 aromatic carbocycles. The van der Waals surface area contributed by atoms with Gasteiger partial charge in [0.15, 0.2) is 0 Å². The first-order valence-electron chi connectivity index (χ1n) is 5.36. The normalized spacial score (nSPS) is 17.0. The van der Waals surface area contributed by atoms with Crippen LogP contribution >= 0.6 is 0 Å². The lowest BCUT2D eigenvalue weighted by Crippen LogP contribution is -2.53. The summed E-state index contributed by atoms with van der Waals surface area (Å²) in [6.45, 7) is 3.61. The van der Waals surface area contributed by atoms with Gasteiger partial charge in [0.05, 0.1) is 0 Å². The van der Waals surface area contributed by atoms with Gasteiger partial charge in [-0.15, -0.1) is 0 Å². The van der Waals surface area contributed by atoms with Gasteiger partial charge in [0, 0.05) is 12.0 Å². The van der Waals surface area contributed by atoms with Crippen LogP contribution in [0.25, 0.3) is 0 Å². The zero-order valence-electron chi connectivity index (χ0n) is 9.20. The van der Waals surface area contributed by atoms with E-state index in [0.717, 1.165) is 19.3 Å². The van der Waals surface area contributed by atoms with Crippen LogP contribution in [-0.2, 0) is 9.53 Å². The first-order valence-corrected chi connectivity index (χ1v) is 5.36. The average Bonchev–Trinajstić information content (AvgIpc) is 2.18. The Kier molecular flexibility index (Phi) is 4.34. The van der Waals surface area contributed by atoms with Crippen LogP contribution in [0.1, 0.15) is 32.1 Å². The molecule has 16 heavy (non-hydrogen) atoms. The number of hydrogen-bond acceptors (Lipinski definition) is 3. The Morgan fingerprint density at radius 3 is 2.62 bits per heavy atom. The smallest absolute Gasteiger partial charge is 0.407 e. The van der Waals surface area contributed by atoms with E-state index in [4.69, 9.17) is 9.84 Å². The highest BCUT2D eigenvalue weighted by atomic mass is 16.5. The lowest BCUT2D eigenvalue weighted by atomic mass is 9.74. The highest BCUT2D eigenvalue weighted by Gasteiger charge is 2.38. The van der Waals surface area contributed by atoms with E-state index in [1.165, 1.54) is 6.08 Å². The van der Waals surface area contributed by atoms with Crippen molar-refractivity contribution in [2.24, 2.45) is 0 Å². The number of carbonyl (C=O) groups is 2. The summed E-state index contributed by atoms with van der Waals surface area (Å²) in [5.41, 5.74) is -0.364. The molecule has 1 aliphatic carbocycles. The summed E-state index contributed by atoms with van der Waals surface area (Å²) in [6, 6.07) is 0. The van der Waals surface area contributed by atoms with Crippen LogP contribution in [0.5, 0.6) is 0 Å². The van der Waals surface area contributed by atoms with E-state index in [1.54, 1.807) is 0 Å². The molecule has 0 heterocycles. The molecule has 0 aromatic heterocycles. The maximum absolute atomic E-state index is 11.3. The topological polar surface area (TPSA) is 75.6 Å². The first kappa shape index (κ1) is 12.5. The number of aliphatic carboxylic acids is 1. The van der Waals surface area contributed by atoms with E-state index in [-0.39, 0.29) is 18.6 Å². The Balaban J connectivity index is 2.37. The van der Waals surface area contributed by atoms with E-state index < -0.39 is 12.1 Å². The van der Waals surface area contributed by atoms with Crippen molar-refractivity contribution in [3.63, 3.8) is 0 Å². The molecular formula is C11H17NO4. The van der Waals surface area contributed by atoms with E-state index in [0.29, 0.717) is 6.42 Å². The van der Waals surface area contributed by atoms with Crippen LogP contribution in [0.3, 0.4) is 0 Å². The molecule has 1 amide bonds. The van der Waals surface area contributed by atoms with Crippen molar-refractivity contribution in [3.8, 4) is 0 Å². The molecule has 5 heteroatoms. The molecule has 1 rings (SSSR count). The summed E-state index contributed by atoms with van der Waals surface area (Å²) in [5, 5.41) is 11.4. The van der Waals surface area contributed by atoms with Crippen molar-refractivity contribution >= 4 is 12.1 Å². The van der Waals surface area contributed by atoms with Crippen LogP contribution < -0.4 is 5.32 Å². The lowest BCUT2D eigenvalue weighted by molar-refractivity contribution is -0.137. The van der Waals surface area contributed by atoms with Crippen LogP contribution in [-0.4, -0.2) is 29.3 Å². The molecule has 0 spiro atoms. The Morgan fingerprint density at radius 2 is 2.19 bits per heavy atom. The summed E-state index contributed by atoms with van der Waals surface area (Å²) < 4.78 is 4.81. The largest absolute Gasteiger partial charge is 0.481 e. The molecule has 0 unspecified atom stereocenters. The average molecular weight is 227 g/mol. The molecule has 0 bridgehead atoms. The van der Waals surface area contributed by atoms with Crippen molar-refractivity contribution in [1.82, 2.24) is 5.32 Å². The Hall–Kier alpha value is -1.52.